The van der Waals surface area contributed by atoms with Gasteiger partial charge in [0.25, 0.3) is 0 Å². The predicted octanol–water partition coefficient (Wildman–Crippen LogP) is 6.10. The molecule has 3 aromatic rings. The van der Waals surface area contributed by atoms with E-state index in [1.54, 1.807) is 0 Å². The number of aryl methyl sites for hydroxylation is 2. The van der Waals surface area contributed by atoms with E-state index in [1.165, 1.54) is 15.7 Å². The fourth-order valence-electron chi connectivity index (χ4n) is 4.58. The number of aromatic carboxylic acids is 1. The summed E-state index contributed by atoms with van der Waals surface area (Å²) in [6.45, 7) is 1.84. The average molecular weight is 421 g/mol. The van der Waals surface area contributed by atoms with Gasteiger partial charge in [0.2, 0.25) is 0 Å². The van der Waals surface area contributed by atoms with Gasteiger partial charge in [-0.3, -0.25) is 0 Å². The van der Waals surface area contributed by atoms with Crippen molar-refractivity contribution >= 4 is 28.5 Å². The zero-order valence-corrected chi connectivity index (χ0v) is 18.1. The van der Waals surface area contributed by atoms with E-state index < -0.39 is 5.97 Å². The molecule has 1 aliphatic carbocycles. The Hall–Kier alpha value is -2.30. The number of thioether (sulfide) groups is 1. The van der Waals surface area contributed by atoms with Gasteiger partial charge in [0.15, 0.2) is 0 Å². The molecule has 0 aliphatic heterocycles. The number of hydrogen-bond acceptors (Lipinski definition) is 3. The number of rotatable bonds is 7. The van der Waals surface area contributed by atoms with E-state index in [2.05, 4.69) is 42.5 Å². The summed E-state index contributed by atoms with van der Waals surface area (Å²) in [4.78, 5) is 12.6. The summed E-state index contributed by atoms with van der Waals surface area (Å²) < 4.78 is 0. The minimum absolute atomic E-state index is 0.211. The molecule has 0 radical (unpaired) electrons. The summed E-state index contributed by atoms with van der Waals surface area (Å²) in [7, 11) is 0. The minimum atomic E-state index is -0.861. The molecule has 1 fully saturated rings. The van der Waals surface area contributed by atoms with Crippen LogP contribution in [0.5, 0.6) is 0 Å². The van der Waals surface area contributed by atoms with Crippen LogP contribution in [0.3, 0.4) is 0 Å². The predicted molar refractivity (Wildman–Crippen MR) is 123 cm³/mol. The van der Waals surface area contributed by atoms with Gasteiger partial charge < -0.3 is 10.2 Å². The fraction of sp³-hybridized carbons (Fsp3) is 0.346. The Balaban J connectivity index is 1.42. The molecule has 0 bridgehead atoms. The second kappa shape index (κ2) is 9.23. The van der Waals surface area contributed by atoms with Gasteiger partial charge in [0.05, 0.1) is 11.7 Å². The molecule has 3 atom stereocenters. The van der Waals surface area contributed by atoms with Crippen LogP contribution in [0.1, 0.15) is 47.2 Å². The van der Waals surface area contributed by atoms with Crippen molar-refractivity contribution in [3.05, 3.63) is 77.4 Å². The van der Waals surface area contributed by atoms with Gasteiger partial charge in [-0.25, -0.2) is 4.79 Å². The third kappa shape index (κ3) is 4.55. The van der Waals surface area contributed by atoms with Crippen molar-refractivity contribution in [1.29, 1.82) is 0 Å². The first-order chi connectivity index (χ1) is 14.5. The highest BCUT2D eigenvalue weighted by atomic mass is 32.2. The Labute approximate surface area is 182 Å². The first kappa shape index (κ1) is 21.0. The van der Waals surface area contributed by atoms with E-state index >= 15 is 0 Å². The maximum atomic E-state index is 11.4. The van der Waals surface area contributed by atoms with Gasteiger partial charge in [-0.2, -0.15) is 0 Å². The van der Waals surface area contributed by atoms with Crippen LogP contribution in [0.15, 0.2) is 65.6 Å². The van der Waals surface area contributed by atoms with Crippen LogP contribution in [0.4, 0.5) is 0 Å². The first-order valence-electron chi connectivity index (χ1n) is 10.7. The van der Waals surface area contributed by atoms with E-state index in [1.807, 2.05) is 36.9 Å². The summed E-state index contributed by atoms with van der Waals surface area (Å²) in [5.74, 6) is -0.381. The summed E-state index contributed by atoms with van der Waals surface area (Å²) in [5, 5.41) is 22.7. The van der Waals surface area contributed by atoms with E-state index in [0.717, 1.165) is 43.2 Å². The summed E-state index contributed by atoms with van der Waals surface area (Å²) >= 11 is 1.82. The molecule has 3 nitrogen and oxygen atoms in total. The molecule has 156 valence electrons. The molecule has 0 saturated heterocycles. The monoisotopic (exact) mass is 420 g/mol. The summed E-state index contributed by atoms with van der Waals surface area (Å²) in [5.41, 5.74) is 2.28. The van der Waals surface area contributed by atoms with Crippen molar-refractivity contribution in [2.75, 3.05) is 0 Å². The van der Waals surface area contributed by atoms with Crippen molar-refractivity contribution in [3.63, 3.8) is 0 Å². The number of carboxylic acids is 1. The maximum absolute atomic E-state index is 11.4. The molecule has 0 amide bonds. The van der Waals surface area contributed by atoms with Gasteiger partial charge in [-0.15, -0.1) is 11.8 Å². The van der Waals surface area contributed by atoms with Crippen molar-refractivity contribution in [1.82, 2.24) is 0 Å². The van der Waals surface area contributed by atoms with Crippen molar-refractivity contribution in [3.8, 4) is 0 Å². The van der Waals surface area contributed by atoms with Crippen molar-refractivity contribution in [2.24, 2.45) is 5.92 Å². The van der Waals surface area contributed by atoms with Crippen LogP contribution >= 0.6 is 11.8 Å². The number of carboxylic acid groups (broad SMARTS) is 1. The summed E-state index contributed by atoms with van der Waals surface area (Å²) in [6.07, 6.45) is 4.58. The fourth-order valence-corrected chi connectivity index (χ4v) is 6.10. The van der Waals surface area contributed by atoms with Crippen LogP contribution in [-0.2, 0) is 6.42 Å². The molecular weight excluding hydrogens is 392 g/mol. The molecular formula is C26H28O3S. The average Bonchev–Trinajstić information content (AvgIpc) is 3.09. The third-order valence-electron chi connectivity index (χ3n) is 6.26. The highest BCUT2D eigenvalue weighted by molar-refractivity contribution is 8.00. The molecule has 0 heterocycles. The lowest BCUT2D eigenvalue weighted by atomic mass is 9.96. The van der Waals surface area contributed by atoms with E-state index in [4.69, 9.17) is 0 Å². The molecule has 4 rings (SSSR count). The quantitative estimate of drug-likeness (QED) is 0.485. The lowest BCUT2D eigenvalue weighted by molar-refractivity contribution is 0.0696. The number of aliphatic hydroxyl groups excluding tert-OH is 1. The van der Waals surface area contributed by atoms with Crippen LogP contribution < -0.4 is 0 Å². The number of aliphatic hydroxyl groups is 1. The largest absolute Gasteiger partial charge is 0.478 e. The molecule has 3 aromatic carbocycles. The number of benzene rings is 3. The van der Waals surface area contributed by atoms with Gasteiger partial charge in [0.1, 0.15) is 0 Å². The SMILES string of the molecule is Cc1ccc(CCC[C@H]2CCC(O)[C@@H]2Sc2cccc3ccccc23)cc1C(=O)O. The Bertz CT molecular complexity index is 1040. The number of hydrogen-bond donors (Lipinski definition) is 2. The molecule has 1 aliphatic rings. The third-order valence-corrected chi connectivity index (χ3v) is 7.84. The molecule has 0 spiro atoms. The lowest BCUT2D eigenvalue weighted by Gasteiger charge is -2.22. The first-order valence-corrected chi connectivity index (χ1v) is 11.6. The topological polar surface area (TPSA) is 57.5 Å². The standard InChI is InChI=1S/C26H28O3S/c1-17-12-13-18(16-22(17)26(28)29)6-4-9-20-14-15-23(27)25(20)30-24-11-5-8-19-7-2-3-10-21(19)24/h2-3,5,7-8,10-13,16,20,23,25,27H,4,6,9,14-15H2,1H3,(H,28,29)/t20-,23?,25+/m0/s1. The molecule has 4 heteroatoms. The Morgan fingerprint density at radius 3 is 2.70 bits per heavy atom. The van der Waals surface area contributed by atoms with Gasteiger partial charge in [0, 0.05) is 10.1 Å². The normalized spacial score (nSPS) is 21.2. The van der Waals surface area contributed by atoms with Crippen molar-refractivity contribution in [2.45, 2.75) is 55.3 Å². The van der Waals surface area contributed by atoms with E-state index in [0.29, 0.717) is 11.5 Å². The minimum Gasteiger partial charge on any atom is -0.478 e. The lowest BCUT2D eigenvalue weighted by Crippen LogP contribution is -2.22. The van der Waals surface area contributed by atoms with Crippen LogP contribution in [0, 0.1) is 12.8 Å². The highest BCUT2D eigenvalue weighted by Gasteiger charge is 2.35. The van der Waals surface area contributed by atoms with Crippen molar-refractivity contribution < 1.29 is 15.0 Å². The second-order valence-corrected chi connectivity index (χ2v) is 9.53. The Kier molecular flexibility index (Phi) is 6.45. The maximum Gasteiger partial charge on any atom is 0.335 e. The van der Waals surface area contributed by atoms with Gasteiger partial charge >= 0.3 is 5.97 Å². The van der Waals surface area contributed by atoms with E-state index in [9.17, 15) is 15.0 Å². The van der Waals surface area contributed by atoms with Gasteiger partial charge in [-0.05, 0) is 79.0 Å². The molecule has 1 saturated carbocycles. The molecule has 1 unspecified atom stereocenters. The molecule has 0 aromatic heterocycles. The zero-order chi connectivity index (χ0) is 21.1. The smallest absolute Gasteiger partial charge is 0.335 e. The van der Waals surface area contributed by atoms with Gasteiger partial charge in [-0.1, -0.05) is 48.5 Å². The summed E-state index contributed by atoms with van der Waals surface area (Å²) in [6, 6.07) is 20.6. The highest BCUT2D eigenvalue weighted by Crippen LogP contribution is 2.43. The van der Waals surface area contributed by atoms with Crippen LogP contribution in [-0.4, -0.2) is 27.5 Å². The van der Waals surface area contributed by atoms with Crippen LogP contribution in [0.25, 0.3) is 10.8 Å². The molecule has 30 heavy (non-hydrogen) atoms. The number of fused-ring (bicyclic) bond motifs is 1. The second-order valence-electron chi connectivity index (χ2n) is 8.31. The molecule has 2 N–H and O–H groups in total. The zero-order valence-electron chi connectivity index (χ0n) is 17.3. The van der Waals surface area contributed by atoms with E-state index in [-0.39, 0.29) is 11.4 Å². The van der Waals surface area contributed by atoms with Crippen LogP contribution in [0.2, 0.25) is 0 Å². The Morgan fingerprint density at radius 2 is 1.87 bits per heavy atom. The number of carbonyl (C=O) groups is 1. The Morgan fingerprint density at radius 1 is 1.07 bits per heavy atom.